The molecule has 5 rings (SSSR count). The second-order valence-electron chi connectivity index (χ2n) is 9.31. The fourth-order valence-corrected chi connectivity index (χ4v) is 6.16. The molecule has 0 bridgehead atoms. The average Bonchev–Trinajstić information content (AvgIpc) is 3.64. The predicted molar refractivity (Wildman–Crippen MR) is 140 cm³/mol. The predicted octanol–water partition coefficient (Wildman–Crippen LogP) is 1.25. The van der Waals surface area contributed by atoms with Crippen molar-refractivity contribution in [3.63, 3.8) is 0 Å². The first-order valence-corrected chi connectivity index (χ1v) is 13.0. The number of fused-ring (bicyclic) bond motifs is 1. The van der Waals surface area contributed by atoms with Crippen molar-refractivity contribution in [2.45, 2.75) is 38.5 Å². The number of aliphatic hydroxyl groups is 1. The Hall–Kier alpha value is -3.88. The molecule has 14 heteroatoms. The lowest BCUT2D eigenvalue weighted by atomic mass is 10.00. The van der Waals surface area contributed by atoms with Crippen molar-refractivity contribution in [2.75, 3.05) is 26.9 Å². The number of methoxy groups -OCH3 is 1. The fraction of sp³-hybridized carbons (Fsp3) is 0.400. The molecule has 0 saturated carbocycles. The molecule has 39 heavy (non-hydrogen) atoms. The van der Waals surface area contributed by atoms with Gasteiger partial charge in [0.25, 0.3) is 5.56 Å². The number of aryl methyl sites for hydroxylation is 1. The van der Waals surface area contributed by atoms with E-state index in [0.717, 1.165) is 15.9 Å². The summed E-state index contributed by atoms with van der Waals surface area (Å²) in [6.07, 6.45) is 2.28. The number of hydrogen-bond acceptors (Lipinski definition) is 9. The van der Waals surface area contributed by atoms with E-state index in [0.29, 0.717) is 33.3 Å². The highest BCUT2D eigenvalue weighted by atomic mass is 32.1. The molecular formula is C25H27FN6O6S. The standard InChI is InChI=1S/C25H27FN6O6S/c1-14-19-20(34)31(25(2)6-7-27-23(25)35)24(36)30(22(19)39-21(14)32-28-8-9-29-32)13-18(38-11-10-33)16-12-15(26)4-5-17(16)37-3/h4-5,8-9,12,18,33H,6-7,10-11,13H2,1-3H3,(H,27,35)/t18-,25-/m0/s1. The second kappa shape index (κ2) is 10.4. The Labute approximate surface area is 225 Å². The number of hydrogen-bond donors (Lipinski definition) is 2. The molecule has 1 fully saturated rings. The van der Waals surface area contributed by atoms with Crippen molar-refractivity contribution in [1.82, 2.24) is 29.4 Å². The van der Waals surface area contributed by atoms with Crippen LogP contribution in [0.4, 0.5) is 4.39 Å². The zero-order valence-corrected chi connectivity index (χ0v) is 22.3. The number of nitrogens with one attached hydrogen (secondary N) is 1. The summed E-state index contributed by atoms with van der Waals surface area (Å²) in [7, 11) is 1.43. The Morgan fingerprint density at radius 3 is 2.64 bits per heavy atom. The van der Waals surface area contributed by atoms with Crippen molar-refractivity contribution >= 4 is 27.5 Å². The van der Waals surface area contributed by atoms with E-state index in [9.17, 15) is 23.9 Å². The zero-order valence-electron chi connectivity index (χ0n) is 21.5. The fourth-order valence-electron chi connectivity index (χ4n) is 4.94. The molecule has 206 valence electrons. The smallest absolute Gasteiger partial charge is 0.333 e. The molecule has 1 saturated heterocycles. The second-order valence-corrected chi connectivity index (χ2v) is 10.3. The van der Waals surface area contributed by atoms with Gasteiger partial charge in [0.05, 0.1) is 44.6 Å². The number of aliphatic hydroxyl groups excluding tert-OH is 1. The molecule has 1 aliphatic rings. The third-order valence-corrected chi connectivity index (χ3v) is 8.25. The van der Waals surface area contributed by atoms with E-state index in [4.69, 9.17) is 9.47 Å². The monoisotopic (exact) mass is 558 g/mol. The number of carbonyl (C=O) groups is 1. The van der Waals surface area contributed by atoms with Crippen LogP contribution in [0.3, 0.4) is 0 Å². The van der Waals surface area contributed by atoms with Gasteiger partial charge in [0, 0.05) is 17.7 Å². The quantitative estimate of drug-likeness (QED) is 0.313. The maximum absolute atomic E-state index is 14.3. The van der Waals surface area contributed by atoms with Gasteiger partial charge in [0.2, 0.25) is 5.91 Å². The summed E-state index contributed by atoms with van der Waals surface area (Å²) >= 11 is 1.14. The van der Waals surface area contributed by atoms with Crippen LogP contribution in [0, 0.1) is 12.7 Å². The minimum atomic E-state index is -1.42. The molecular weight excluding hydrogens is 531 g/mol. The number of carbonyl (C=O) groups excluding carboxylic acids is 1. The lowest BCUT2D eigenvalue weighted by molar-refractivity contribution is -0.126. The van der Waals surface area contributed by atoms with E-state index in [-0.39, 0.29) is 31.6 Å². The van der Waals surface area contributed by atoms with Crippen LogP contribution in [0.2, 0.25) is 0 Å². The molecule has 4 aromatic rings. The molecule has 0 unspecified atom stereocenters. The van der Waals surface area contributed by atoms with Crippen molar-refractivity contribution in [3.05, 3.63) is 68.4 Å². The van der Waals surface area contributed by atoms with E-state index in [1.54, 1.807) is 13.8 Å². The number of ether oxygens (including phenoxy) is 2. The van der Waals surface area contributed by atoms with Gasteiger partial charge >= 0.3 is 5.69 Å². The van der Waals surface area contributed by atoms with Crippen LogP contribution in [0.25, 0.3) is 15.2 Å². The van der Waals surface area contributed by atoms with Crippen LogP contribution >= 0.6 is 11.3 Å². The molecule has 1 aliphatic heterocycles. The van der Waals surface area contributed by atoms with Gasteiger partial charge in [0.1, 0.15) is 33.0 Å². The van der Waals surface area contributed by atoms with E-state index < -0.39 is 34.6 Å². The van der Waals surface area contributed by atoms with E-state index in [2.05, 4.69) is 15.5 Å². The largest absolute Gasteiger partial charge is 0.496 e. The van der Waals surface area contributed by atoms with Crippen molar-refractivity contribution < 1.29 is 23.8 Å². The third kappa shape index (κ3) is 4.43. The summed E-state index contributed by atoms with van der Waals surface area (Å²) in [5, 5.41) is 21.3. The minimum absolute atomic E-state index is 0.103. The Morgan fingerprint density at radius 2 is 2.00 bits per heavy atom. The van der Waals surface area contributed by atoms with Gasteiger partial charge in [-0.25, -0.2) is 13.8 Å². The summed E-state index contributed by atoms with van der Waals surface area (Å²) in [6.45, 7) is 3.01. The first kappa shape index (κ1) is 26.7. The summed E-state index contributed by atoms with van der Waals surface area (Å²) in [5.41, 5.74) is -1.89. The Morgan fingerprint density at radius 1 is 1.26 bits per heavy atom. The molecule has 3 aromatic heterocycles. The van der Waals surface area contributed by atoms with Crippen molar-refractivity contribution in [1.29, 1.82) is 0 Å². The minimum Gasteiger partial charge on any atom is -0.496 e. The van der Waals surface area contributed by atoms with Crippen LogP contribution < -0.4 is 21.3 Å². The average molecular weight is 559 g/mol. The van der Waals surface area contributed by atoms with E-state index in [1.807, 2.05) is 0 Å². The van der Waals surface area contributed by atoms with Crippen LogP contribution in [-0.4, -0.2) is 62.0 Å². The molecule has 2 N–H and O–H groups in total. The molecule has 2 atom stereocenters. The van der Waals surface area contributed by atoms with Gasteiger partial charge in [-0.1, -0.05) is 11.3 Å². The van der Waals surface area contributed by atoms with Crippen LogP contribution in [0.5, 0.6) is 5.75 Å². The number of halogens is 1. The van der Waals surface area contributed by atoms with Gasteiger partial charge in [-0.05, 0) is 38.5 Å². The summed E-state index contributed by atoms with van der Waals surface area (Å²) in [5.74, 6) is -0.655. The normalized spacial score (nSPS) is 18.0. The number of benzene rings is 1. The van der Waals surface area contributed by atoms with Gasteiger partial charge in [-0.3, -0.25) is 14.2 Å². The number of rotatable bonds is 9. The highest BCUT2D eigenvalue weighted by molar-refractivity contribution is 7.21. The summed E-state index contributed by atoms with van der Waals surface area (Å²) in [6, 6.07) is 3.92. The highest BCUT2D eigenvalue weighted by Crippen LogP contribution is 2.34. The zero-order chi connectivity index (χ0) is 27.9. The molecule has 0 radical (unpaired) electrons. The Balaban J connectivity index is 1.80. The molecule has 1 aromatic carbocycles. The van der Waals surface area contributed by atoms with Gasteiger partial charge in [-0.2, -0.15) is 10.2 Å². The van der Waals surface area contributed by atoms with Crippen molar-refractivity contribution in [2.24, 2.45) is 0 Å². The third-order valence-electron chi connectivity index (χ3n) is 6.97. The molecule has 0 aliphatic carbocycles. The van der Waals surface area contributed by atoms with Crippen LogP contribution in [0.1, 0.15) is 30.6 Å². The lowest BCUT2D eigenvalue weighted by Gasteiger charge is -2.26. The first-order valence-electron chi connectivity index (χ1n) is 12.2. The van der Waals surface area contributed by atoms with E-state index in [1.165, 1.54) is 47.1 Å². The number of amides is 1. The maximum atomic E-state index is 14.3. The van der Waals surface area contributed by atoms with Gasteiger partial charge < -0.3 is 19.9 Å². The van der Waals surface area contributed by atoms with Crippen LogP contribution in [0.15, 0.2) is 40.2 Å². The Bertz CT molecular complexity index is 1660. The molecule has 4 heterocycles. The highest BCUT2D eigenvalue weighted by Gasteiger charge is 2.43. The molecule has 0 spiro atoms. The van der Waals surface area contributed by atoms with Gasteiger partial charge in [-0.15, -0.1) is 4.80 Å². The summed E-state index contributed by atoms with van der Waals surface area (Å²) in [4.78, 5) is 42.6. The molecule has 12 nitrogen and oxygen atoms in total. The number of aromatic nitrogens is 5. The van der Waals surface area contributed by atoms with Crippen LogP contribution in [-0.2, 0) is 21.6 Å². The summed E-state index contributed by atoms with van der Waals surface area (Å²) < 4.78 is 28.0. The SMILES string of the molecule is COc1ccc(F)cc1[C@H](Cn1c(=O)n([C@@]2(C)CCNC2=O)c(=O)c2c(C)c(-n3nccn3)sc21)OCCO. The van der Waals surface area contributed by atoms with Gasteiger partial charge in [0.15, 0.2) is 0 Å². The number of nitrogens with zero attached hydrogens (tertiary/aromatic N) is 5. The Kier molecular flexibility index (Phi) is 7.09. The topological polar surface area (TPSA) is 142 Å². The van der Waals surface area contributed by atoms with Crippen molar-refractivity contribution in [3.8, 4) is 10.8 Å². The van der Waals surface area contributed by atoms with E-state index >= 15 is 0 Å². The number of thiophene rings is 1. The lowest BCUT2D eigenvalue weighted by Crippen LogP contribution is -2.53. The maximum Gasteiger partial charge on any atom is 0.333 e. The molecule has 1 amide bonds. The first-order chi connectivity index (χ1) is 18.7.